The normalized spacial score (nSPS) is 20.0. The van der Waals surface area contributed by atoms with Crippen LogP contribution < -0.4 is 16.0 Å². The molecule has 2 atom stereocenters. The molecular weight excluding hydrogens is 493 g/mol. The van der Waals surface area contributed by atoms with Gasteiger partial charge in [-0.2, -0.15) is 0 Å². The van der Waals surface area contributed by atoms with Crippen molar-refractivity contribution in [3.8, 4) is 0 Å². The van der Waals surface area contributed by atoms with Crippen LogP contribution in [0.15, 0.2) is 18.3 Å². The molecule has 4 heterocycles. The van der Waals surface area contributed by atoms with Gasteiger partial charge in [0.1, 0.15) is 11.6 Å². The van der Waals surface area contributed by atoms with E-state index in [0.29, 0.717) is 18.0 Å². The topological polar surface area (TPSA) is 120 Å². The average Bonchev–Trinajstić information content (AvgIpc) is 3.25. The van der Waals surface area contributed by atoms with Crippen LogP contribution >= 0.6 is 23.6 Å². The summed E-state index contributed by atoms with van der Waals surface area (Å²) in [6.45, 7) is 3.87. The van der Waals surface area contributed by atoms with Crippen LogP contribution in [-0.4, -0.2) is 81.2 Å². The Labute approximate surface area is 211 Å². The molecule has 0 aliphatic carbocycles. The predicted octanol–water partition coefficient (Wildman–Crippen LogP) is 0.940. The molecule has 0 radical (unpaired) electrons. The third-order valence-corrected chi connectivity index (χ3v) is 7.37. The number of anilines is 1. The molecule has 4 rings (SSSR count). The number of piperidine rings is 1. The smallest absolute Gasteiger partial charge is 0.284 e. The number of pyridine rings is 1. The van der Waals surface area contributed by atoms with E-state index < -0.39 is 17.8 Å². The summed E-state index contributed by atoms with van der Waals surface area (Å²) in [5.41, 5.74) is 0.953. The van der Waals surface area contributed by atoms with Gasteiger partial charge < -0.3 is 25.8 Å². The number of thiazole rings is 1. The fraction of sp³-hybridized carbons (Fsp3) is 0.455. The van der Waals surface area contributed by atoms with Crippen LogP contribution in [-0.2, 0) is 22.6 Å². The van der Waals surface area contributed by atoms with Crippen molar-refractivity contribution in [2.45, 2.75) is 38.4 Å². The molecule has 1 saturated heterocycles. The monoisotopic (exact) mass is 519 g/mol. The van der Waals surface area contributed by atoms with E-state index in [0.717, 1.165) is 36.3 Å². The molecule has 2 aliphatic rings. The number of hydrogen-bond donors (Lipinski definition) is 3. The lowest BCUT2D eigenvalue weighted by Gasteiger charge is -2.39. The predicted molar refractivity (Wildman–Crippen MR) is 133 cm³/mol. The molecule has 10 nitrogen and oxygen atoms in total. The van der Waals surface area contributed by atoms with Gasteiger partial charge in [-0.15, -0.1) is 11.3 Å². The van der Waals surface area contributed by atoms with Crippen molar-refractivity contribution in [3.05, 3.63) is 39.7 Å². The van der Waals surface area contributed by atoms with Crippen molar-refractivity contribution in [1.29, 1.82) is 0 Å². The van der Waals surface area contributed by atoms with Crippen LogP contribution in [0.4, 0.5) is 10.2 Å². The maximum absolute atomic E-state index is 13.1. The lowest BCUT2D eigenvalue weighted by Crippen LogP contribution is -2.61. The number of fused-ring (bicyclic) bond motifs is 1. The molecule has 2 unspecified atom stereocenters. The minimum Gasteiger partial charge on any atom is -0.367 e. The van der Waals surface area contributed by atoms with E-state index in [1.165, 1.54) is 30.4 Å². The van der Waals surface area contributed by atoms with Gasteiger partial charge in [-0.3, -0.25) is 14.4 Å². The number of likely N-dealkylation sites (tertiary alicyclic amines) is 1. The molecule has 2 aromatic heterocycles. The van der Waals surface area contributed by atoms with Crippen molar-refractivity contribution >= 4 is 52.1 Å². The highest BCUT2D eigenvalue weighted by Crippen LogP contribution is 2.25. The maximum Gasteiger partial charge on any atom is 0.284 e. The number of aromatic nitrogens is 2. The number of carbonyl (C=O) groups excluding carboxylic acids is 3. The number of carbonyl (C=O) groups is 3. The Balaban J connectivity index is 1.43. The second-order valence-corrected chi connectivity index (χ2v) is 10.1. The summed E-state index contributed by atoms with van der Waals surface area (Å²) >= 11 is 6.64. The van der Waals surface area contributed by atoms with Gasteiger partial charge in [-0.1, -0.05) is 12.2 Å². The summed E-state index contributed by atoms with van der Waals surface area (Å²) in [6, 6.07) is 1.64. The Bertz CT molecular complexity index is 1140. The highest BCUT2D eigenvalue weighted by Gasteiger charge is 2.34. The first kappa shape index (κ1) is 25.1. The van der Waals surface area contributed by atoms with Gasteiger partial charge in [-0.25, -0.2) is 14.4 Å². The Morgan fingerprint density at radius 1 is 1.20 bits per heavy atom. The highest BCUT2D eigenvalue weighted by atomic mass is 32.1. The van der Waals surface area contributed by atoms with E-state index in [4.69, 9.17) is 12.2 Å². The van der Waals surface area contributed by atoms with E-state index >= 15 is 0 Å². The number of rotatable bonds is 4. The van der Waals surface area contributed by atoms with E-state index in [-0.39, 0.29) is 35.2 Å². The van der Waals surface area contributed by atoms with E-state index in [2.05, 4.69) is 30.8 Å². The first-order valence-electron chi connectivity index (χ1n) is 11.2. The molecule has 13 heteroatoms. The molecule has 3 N–H and O–H groups in total. The van der Waals surface area contributed by atoms with Gasteiger partial charge in [-0.05, 0) is 25.6 Å². The summed E-state index contributed by atoms with van der Waals surface area (Å²) in [6.07, 6.45) is 2.27. The molecule has 2 aromatic rings. The van der Waals surface area contributed by atoms with Crippen LogP contribution in [0.3, 0.4) is 0 Å². The number of nitrogens with one attached hydrogen (secondary N) is 3. The van der Waals surface area contributed by atoms with Gasteiger partial charge in [0.15, 0.2) is 10.00 Å². The molecule has 0 aromatic carbocycles. The maximum atomic E-state index is 13.1. The molecule has 0 spiro atoms. The second kappa shape index (κ2) is 10.7. The molecule has 3 amide bonds. The third kappa shape index (κ3) is 6.16. The van der Waals surface area contributed by atoms with Gasteiger partial charge in [0, 0.05) is 44.4 Å². The van der Waals surface area contributed by atoms with E-state index in [9.17, 15) is 18.8 Å². The fourth-order valence-corrected chi connectivity index (χ4v) is 5.36. The molecule has 1 fully saturated rings. The standard InChI is InChI=1S/C22H26FN7O3S2/c1-12(31)30-8-6-14(26-21(34)19(32)28-18-4-3-13(23)9-24-18)16(10-30)25-20(33)22-27-15-5-7-29(2)11-17(15)35-22/h3-4,9,14,16H,5-8,10-11H2,1-2H3,(H,25,33)(H,26,34)(H,24,28,32). The summed E-state index contributed by atoms with van der Waals surface area (Å²) in [4.78, 5) is 50.7. The number of likely N-dealkylation sites (N-methyl/N-ethyl adjacent to an activating group) is 1. The van der Waals surface area contributed by atoms with Crippen molar-refractivity contribution in [3.63, 3.8) is 0 Å². The molecule has 2 aliphatic heterocycles. The molecule has 0 saturated carbocycles. The Morgan fingerprint density at radius 2 is 2.00 bits per heavy atom. The first-order valence-corrected chi connectivity index (χ1v) is 12.4. The quantitative estimate of drug-likeness (QED) is 0.511. The second-order valence-electron chi connectivity index (χ2n) is 8.61. The first-order chi connectivity index (χ1) is 16.7. The molecule has 35 heavy (non-hydrogen) atoms. The van der Waals surface area contributed by atoms with Gasteiger partial charge in [0.25, 0.3) is 11.8 Å². The number of nitrogens with zero attached hydrogens (tertiary/aromatic N) is 4. The summed E-state index contributed by atoms with van der Waals surface area (Å²) in [7, 11) is 2.03. The Kier molecular flexibility index (Phi) is 7.67. The van der Waals surface area contributed by atoms with Crippen LogP contribution in [0.2, 0.25) is 0 Å². The van der Waals surface area contributed by atoms with Crippen LogP contribution in [0.5, 0.6) is 0 Å². The summed E-state index contributed by atoms with van der Waals surface area (Å²) in [5, 5.41) is 8.89. The minimum atomic E-state index is -0.602. The zero-order valence-corrected chi connectivity index (χ0v) is 21.0. The van der Waals surface area contributed by atoms with Crippen molar-refractivity contribution < 1.29 is 18.8 Å². The summed E-state index contributed by atoms with van der Waals surface area (Å²) < 4.78 is 13.1. The fourth-order valence-electron chi connectivity index (χ4n) is 4.06. The van der Waals surface area contributed by atoms with Gasteiger partial charge in [0.2, 0.25) is 5.91 Å². The third-order valence-electron chi connectivity index (χ3n) is 5.98. The van der Waals surface area contributed by atoms with Gasteiger partial charge >= 0.3 is 0 Å². The minimum absolute atomic E-state index is 0.0931. The lowest BCUT2D eigenvalue weighted by atomic mass is 9.98. The zero-order chi connectivity index (χ0) is 25.1. The summed E-state index contributed by atoms with van der Waals surface area (Å²) in [5.74, 6) is -1.38. The number of hydrogen-bond acceptors (Lipinski definition) is 8. The largest absolute Gasteiger partial charge is 0.367 e. The molecule has 0 bridgehead atoms. The van der Waals surface area contributed by atoms with E-state index in [1.54, 1.807) is 4.90 Å². The van der Waals surface area contributed by atoms with Crippen LogP contribution in [0.25, 0.3) is 0 Å². The Hall–Kier alpha value is -3.03. The number of halogens is 1. The Morgan fingerprint density at radius 3 is 2.71 bits per heavy atom. The van der Waals surface area contributed by atoms with Crippen LogP contribution in [0, 0.1) is 5.82 Å². The lowest BCUT2D eigenvalue weighted by molar-refractivity contribution is -0.130. The average molecular weight is 520 g/mol. The highest BCUT2D eigenvalue weighted by molar-refractivity contribution is 7.82. The molecule has 186 valence electrons. The van der Waals surface area contributed by atoms with Crippen LogP contribution in [0.1, 0.15) is 33.7 Å². The molecular formula is C22H26FN7O3S2. The zero-order valence-electron chi connectivity index (χ0n) is 19.3. The SMILES string of the molecule is CC(=O)N1CCC(NC(=S)C(=O)Nc2ccc(F)cn2)C(NC(=O)c2nc3c(s2)CN(C)CC3)C1. The number of amides is 3. The van der Waals surface area contributed by atoms with Crippen molar-refractivity contribution in [2.24, 2.45) is 0 Å². The van der Waals surface area contributed by atoms with E-state index in [1.807, 2.05) is 7.05 Å². The van der Waals surface area contributed by atoms with Crippen molar-refractivity contribution in [1.82, 2.24) is 30.4 Å². The number of thiocarbonyl (C=S) groups is 1. The van der Waals surface area contributed by atoms with Crippen molar-refractivity contribution in [2.75, 3.05) is 32.0 Å². The van der Waals surface area contributed by atoms with Gasteiger partial charge in [0.05, 0.1) is 24.0 Å².